The highest BCUT2D eigenvalue weighted by Gasteiger charge is 2.18. The third kappa shape index (κ3) is 4.28. The molecule has 4 aromatic rings. The fraction of sp³-hybridized carbons (Fsp3) is 0.115. The molecule has 0 aliphatic carbocycles. The highest BCUT2D eigenvalue weighted by molar-refractivity contribution is 5.95. The van der Waals surface area contributed by atoms with Crippen LogP contribution in [0, 0.1) is 0 Å². The van der Waals surface area contributed by atoms with Crippen molar-refractivity contribution in [3.8, 4) is 22.5 Å². The van der Waals surface area contributed by atoms with Crippen LogP contribution in [0.1, 0.15) is 35.3 Å². The van der Waals surface area contributed by atoms with Crippen LogP contribution in [0.25, 0.3) is 22.5 Å². The molecule has 0 radical (unpaired) electrons. The van der Waals surface area contributed by atoms with Crippen molar-refractivity contribution in [3.05, 3.63) is 113 Å². The molecule has 148 valence electrons. The molecule has 1 aromatic heterocycles. The molecule has 0 amide bonds. The van der Waals surface area contributed by atoms with Crippen LogP contribution < -0.4 is 5.56 Å². The average Bonchev–Trinajstić information content (AvgIpc) is 2.80. The van der Waals surface area contributed by atoms with Gasteiger partial charge in [-0.2, -0.15) is 0 Å². The minimum absolute atomic E-state index is 0.0184. The lowest BCUT2D eigenvalue weighted by Gasteiger charge is -2.16. The normalized spacial score (nSPS) is 11.8. The van der Waals surface area contributed by atoms with E-state index in [9.17, 15) is 9.59 Å². The first-order valence-electron chi connectivity index (χ1n) is 9.96. The van der Waals surface area contributed by atoms with Crippen LogP contribution >= 0.6 is 0 Å². The maximum absolute atomic E-state index is 13.0. The fourth-order valence-corrected chi connectivity index (χ4v) is 3.63. The standard InChI is InChI=1S/C26H22N2O2/c1-18(21-14-8-9-15-22(21)19-10-4-2-5-11-19)16-24(29)23-17-25(30)28-26(27-23)20-12-6-3-7-13-20/h2-15,17-18H,16H2,1H3,(H,27,28,30). The van der Waals surface area contributed by atoms with E-state index in [1.165, 1.54) is 6.07 Å². The number of nitrogens with zero attached hydrogens (tertiary/aromatic N) is 1. The second kappa shape index (κ2) is 8.70. The minimum atomic E-state index is -0.329. The van der Waals surface area contributed by atoms with Crippen molar-refractivity contribution in [3.63, 3.8) is 0 Å². The molecule has 0 fully saturated rings. The molecule has 1 N–H and O–H groups in total. The van der Waals surface area contributed by atoms with Crippen LogP contribution in [0.3, 0.4) is 0 Å². The molecule has 1 atom stereocenters. The van der Waals surface area contributed by atoms with Gasteiger partial charge in [-0.1, -0.05) is 91.9 Å². The van der Waals surface area contributed by atoms with E-state index in [1.807, 2.05) is 67.6 Å². The number of rotatable bonds is 6. The lowest BCUT2D eigenvalue weighted by atomic mass is 9.88. The molecule has 0 bridgehead atoms. The first-order valence-corrected chi connectivity index (χ1v) is 9.96. The molecule has 0 saturated carbocycles. The zero-order valence-corrected chi connectivity index (χ0v) is 16.7. The largest absolute Gasteiger partial charge is 0.306 e. The zero-order chi connectivity index (χ0) is 20.9. The smallest absolute Gasteiger partial charge is 0.251 e. The van der Waals surface area contributed by atoms with Crippen LogP contribution in [0.15, 0.2) is 95.8 Å². The Morgan fingerprint density at radius 3 is 2.17 bits per heavy atom. The molecule has 30 heavy (non-hydrogen) atoms. The number of nitrogens with one attached hydrogen (secondary N) is 1. The molecule has 4 rings (SSSR count). The first-order chi connectivity index (χ1) is 14.6. The number of aromatic nitrogens is 2. The minimum Gasteiger partial charge on any atom is -0.306 e. The maximum atomic E-state index is 13.0. The number of benzene rings is 3. The molecule has 0 saturated heterocycles. The van der Waals surface area contributed by atoms with Gasteiger partial charge in [-0.3, -0.25) is 9.59 Å². The van der Waals surface area contributed by atoms with Gasteiger partial charge in [0.05, 0.1) is 0 Å². The van der Waals surface area contributed by atoms with Gasteiger partial charge >= 0.3 is 0 Å². The number of hydrogen-bond donors (Lipinski definition) is 1. The van der Waals surface area contributed by atoms with E-state index in [4.69, 9.17) is 0 Å². The quantitative estimate of drug-likeness (QED) is 0.441. The van der Waals surface area contributed by atoms with Gasteiger partial charge in [-0.05, 0) is 22.6 Å². The highest BCUT2D eigenvalue weighted by atomic mass is 16.1. The maximum Gasteiger partial charge on any atom is 0.251 e. The number of hydrogen-bond acceptors (Lipinski definition) is 3. The van der Waals surface area contributed by atoms with Crippen molar-refractivity contribution < 1.29 is 4.79 Å². The van der Waals surface area contributed by atoms with Crippen molar-refractivity contribution in [2.24, 2.45) is 0 Å². The summed E-state index contributed by atoms with van der Waals surface area (Å²) in [4.78, 5) is 32.3. The Labute approximate surface area is 175 Å². The van der Waals surface area contributed by atoms with E-state index in [0.717, 1.165) is 22.3 Å². The number of Topliss-reactive ketones (excluding diaryl/α,β-unsaturated/α-hetero) is 1. The number of aromatic amines is 1. The highest BCUT2D eigenvalue weighted by Crippen LogP contribution is 2.31. The molecule has 0 spiro atoms. The number of ketones is 1. The predicted molar refractivity (Wildman–Crippen MR) is 120 cm³/mol. The van der Waals surface area contributed by atoms with Crippen LogP contribution in [0.2, 0.25) is 0 Å². The lowest BCUT2D eigenvalue weighted by Crippen LogP contribution is -2.15. The summed E-state index contributed by atoms with van der Waals surface area (Å²) in [5.41, 5.74) is 3.97. The molecule has 3 aromatic carbocycles. The summed E-state index contributed by atoms with van der Waals surface area (Å²) in [6.07, 6.45) is 0.272. The molecule has 0 aliphatic heterocycles. The van der Waals surface area contributed by atoms with Gasteiger partial charge in [-0.25, -0.2) is 4.98 Å². The van der Waals surface area contributed by atoms with Crippen molar-refractivity contribution in [2.75, 3.05) is 0 Å². The fourth-order valence-electron chi connectivity index (χ4n) is 3.63. The second-order valence-corrected chi connectivity index (χ2v) is 7.33. The van der Waals surface area contributed by atoms with Crippen LogP contribution in [-0.2, 0) is 0 Å². The lowest BCUT2D eigenvalue weighted by molar-refractivity contribution is 0.0970. The third-order valence-corrected chi connectivity index (χ3v) is 5.14. The summed E-state index contributed by atoms with van der Waals surface area (Å²) in [6.45, 7) is 2.03. The van der Waals surface area contributed by atoms with Crippen LogP contribution in [0.5, 0.6) is 0 Å². The number of carbonyl (C=O) groups excluding carboxylic acids is 1. The summed E-state index contributed by atoms with van der Waals surface area (Å²) in [6, 6.07) is 28.9. The Morgan fingerprint density at radius 1 is 0.867 bits per heavy atom. The Balaban J connectivity index is 1.61. The van der Waals surface area contributed by atoms with Gasteiger partial charge in [0.15, 0.2) is 5.78 Å². The number of H-pyrrole nitrogens is 1. The summed E-state index contributed by atoms with van der Waals surface area (Å²) in [5.74, 6) is 0.243. The summed E-state index contributed by atoms with van der Waals surface area (Å²) >= 11 is 0. The Kier molecular flexibility index (Phi) is 5.66. The molecule has 1 unspecified atom stereocenters. The molecule has 1 heterocycles. The first kappa shape index (κ1) is 19.5. The van der Waals surface area contributed by atoms with E-state index in [0.29, 0.717) is 5.82 Å². The van der Waals surface area contributed by atoms with E-state index >= 15 is 0 Å². The molecule has 4 nitrogen and oxygen atoms in total. The van der Waals surface area contributed by atoms with Gasteiger partial charge in [-0.15, -0.1) is 0 Å². The monoisotopic (exact) mass is 394 g/mol. The predicted octanol–water partition coefficient (Wildman–Crippen LogP) is 5.48. The molecular formula is C26H22N2O2. The summed E-state index contributed by atoms with van der Waals surface area (Å²) in [7, 11) is 0. The topological polar surface area (TPSA) is 62.8 Å². The van der Waals surface area contributed by atoms with Gasteiger partial charge < -0.3 is 4.98 Å². The van der Waals surface area contributed by atoms with Gasteiger partial charge in [0, 0.05) is 18.1 Å². The van der Waals surface area contributed by atoms with Crippen LogP contribution in [0.4, 0.5) is 0 Å². The Hall–Kier alpha value is -3.79. The molecular weight excluding hydrogens is 372 g/mol. The van der Waals surface area contributed by atoms with Gasteiger partial charge in [0.1, 0.15) is 11.5 Å². The van der Waals surface area contributed by atoms with Gasteiger partial charge in [0.25, 0.3) is 5.56 Å². The molecule has 0 aliphatic rings. The van der Waals surface area contributed by atoms with Crippen LogP contribution in [-0.4, -0.2) is 15.8 Å². The second-order valence-electron chi connectivity index (χ2n) is 7.33. The molecule has 4 heteroatoms. The van der Waals surface area contributed by atoms with Gasteiger partial charge in [0.2, 0.25) is 0 Å². The van der Waals surface area contributed by atoms with E-state index in [1.54, 1.807) is 0 Å². The summed E-state index contributed by atoms with van der Waals surface area (Å²) < 4.78 is 0. The van der Waals surface area contributed by atoms with E-state index < -0.39 is 0 Å². The summed E-state index contributed by atoms with van der Waals surface area (Å²) in [5, 5.41) is 0. The Morgan fingerprint density at radius 2 is 1.47 bits per heavy atom. The van der Waals surface area contributed by atoms with E-state index in [2.05, 4.69) is 34.2 Å². The average molecular weight is 394 g/mol. The third-order valence-electron chi connectivity index (χ3n) is 5.14. The zero-order valence-electron chi connectivity index (χ0n) is 16.7. The van der Waals surface area contributed by atoms with E-state index in [-0.39, 0.29) is 29.4 Å². The van der Waals surface area contributed by atoms with Crippen molar-refractivity contribution in [2.45, 2.75) is 19.3 Å². The SMILES string of the molecule is CC(CC(=O)c1cc(=O)[nH]c(-c2ccccc2)n1)c1ccccc1-c1ccccc1. The Bertz CT molecular complexity index is 1210. The number of carbonyl (C=O) groups is 1. The van der Waals surface area contributed by atoms with Crippen molar-refractivity contribution in [1.29, 1.82) is 0 Å². The van der Waals surface area contributed by atoms with Crippen molar-refractivity contribution >= 4 is 5.78 Å². The van der Waals surface area contributed by atoms with Crippen molar-refractivity contribution in [1.82, 2.24) is 9.97 Å².